The molecule has 0 aromatic heterocycles. The van der Waals surface area contributed by atoms with Gasteiger partial charge in [-0.25, -0.2) is 0 Å². The molecule has 0 radical (unpaired) electrons. The minimum Gasteiger partial charge on any atom is -0.352 e. The molecule has 0 aromatic rings. The van der Waals surface area contributed by atoms with E-state index in [4.69, 9.17) is 0 Å². The maximum atomic E-state index is 11.8. The highest BCUT2D eigenvalue weighted by molar-refractivity contribution is 5.83. The summed E-state index contributed by atoms with van der Waals surface area (Å²) >= 11 is 0. The quantitative estimate of drug-likeness (QED) is 0.663. The molecule has 1 atom stereocenters. The van der Waals surface area contributed by atoms with Crippen molar-refractivity contribution in [1.29, 1.82) is 0 Å². The molecule has 0 saturated heterocycles. The smallest absolute Gasteiger partial charge is 0.237 e. The molecule has 2 aliphatic rings. The van der Waals surface area contributed by atoms with Crippen molar-refractivity contribution in [2.45, 2.75) is 70.0 Å². The van der Waals surface area contributed by atoms with Gasteiger partial charge in [0.15, 0.2) is 0 Å². The molecule has 0 spiro atoms. The Morgan fingerprint density at radius 1 is 1.00 bits per heavy atom. The third kappa shape index (κ3) is 5.19. The number of rotatable bonds is 6. The fourth-order valence-corrected chi connectivity index (χ4v) is 2.42. The van der Waals surface area contributed by atoms with E-state index in [1.807, 2.05) is 0 Å². The molecule has 2 saturated carbocycles. The lowest BCUT2D eigenvalue weighted by molar-refractivity contribution is -0.123. The summed E-state index contributed by atoms with van der Waals surface area (Å²) in [4.78, 5) is 23.5. The van der Waals surface area contributed by atoms with E-state index in [-0.39, 0.29) is 24.4 Å². The van der Waals surface area contributed by atoms with E-state index in [0.29, 0.717) is 12.1 Å². The van der Waals surface area contributed by atoms with Crippen molar-refractivity contribution in [3.05, 3.63) is 0 Å². The molecule has 5 nitrogen and oxygen atoms in total. The molecule has 2 aliphatic carbocycles. The molecule has 2 fully saturated rings. The molecule has 0 heterocycles. The van der Waals surface area contributed by atoms with Crippen molar-refractivity contribution in [2.24, 2.45) is 0 Å². The van der Waals surface area contributed by atoms with Crippen LogP contribution in [0.1, 0.15) is 51.9 Å². The molecular formula is C14H25N3O2. The van der Waals surface area contributed by atoms with E-state index in [1.54, 1.807) is 6.92 Å². The van der Waals surface area contributed by atoms with Crippen LogP contribution in [0.3, 0.4) is 0 Å². The first-order valence-electron chi connectivity index (χ1n) is 7.48. The first-order valence-corrected chi connectivity index (χ1v) is 7.48. The highest BCUT2D eigenvalue weighted by atomic mass is 16.2. The summed E-state index contributed by atoms with van der Waals surface area (Å²) in [6, 6.07) is 0.393. The van der Waals surface area contributed by atoms with Crippen LogP contribution in [0.25, 0.3) is 0 Å². The Labute approximate surface area is 114 Å². The molecule has 0 aliphatic heterocycles. The van der Waals surface area contributed by atoms with E-state index in [2.05, 4.69) is 16.0 Å². The van der Waals surface area contributed by atoms with Gasteiger partial charge in [0, 0.05) is 12.1 Å². The molecule has 19 heavy (non-hydrogen) atoms. The lowest BCUT2D eigenvalue weighted by Crippen LogP contribution is -2.48. The summed E-state index contributed by atoms with van der Waals surface area (Å²) in [7, 11) is 0. The summed E-state index contributed by atoms with van der Waals surface area (Å²) in [6.07, 6.45) is 8.04. The van der Waals surface area contributed by atoms with Crippen molar-refractivity contribution in [2.75, 3.05) is 6.54 Å². The fourth-order valence-electron chi connectivity index (χ4n) is 2.42. The van der Waals surface area contributed by atoms with Crippen molar-refractivity contribution >= 4 is 11.8 Å². The zero-order valence-electron chi connectivity index (χ0n) is 11.7. The van der Waals surface area contributed by atoms with E-state index < -0.39 is 0 Å². The molecule has 1 unspecified atom stereocenters. The Morgan fingerprint density at radius 3 is 2.26 bits per heavy atom. The molecule has 2 amide bonds. The maximum Gasteiger partial charge on any atom is 0.237 e. The summed E-state index contributed by atoms with van der Waals surface area (Å²) in [6.45, 7) is 2.02. The minimum absolute atomic E-state index is 0.00188. The van der Waals surface area contributed by atoms with Crippen molar-refractivity contribution < 1.29 is 9.59 Å². The number of carbonyl (C=O) groups excluding carboxylic acids is 2. The zero-order chi connectivity index (χ0) is 13.7. The van der Waals surface area contributed by atoms with Crippen molar-refractivity contribution in [1.82, 2.24) is 16.0 Å². The summed E-state index contributed by atoms with van der Waals surface area (Å²) < 4.78 is 0. The minimum atomic E-state index is -0.308. The second-order valence-corrected chi connectivity index (χ2v) is 5.79. The van der Waals surface area contributed by atoms with Crippen molar-refractivity contribution in [3.8, 4) is 0 Å². The Hall–Kier alpha value is -1.10. The molecular weight excluding hydrogens is 242 g/mol. The van der Waals surface area contributed by atoms with Gasteiger partial charge in [-0.2, -0.15) is 0 Å². The van der Waals surface area contributed by atoms with Gasteiger partial charge in [0.05, 0.1) is 12.6 Å². The van der Waals surface area contributed by atoms with Crippen LogP contribution in [0.15, 0.2) is 0 Å². The van der Waals surface area contributed by atoms with Gasteiger partial charge >= 0.3 is 0 Å². The molecule has 2 rings (SSSR count). The highest BCUT2D eigenvalue weighted by Gasteiger charge is 2.25. The molecule has 0 bridgehead atoms. The Balaban J connectivity index is 1.60. The van der Waals surface area contributed by atoms with E-state index in [9.17, 15) is 9.59 Å². The lowest BCUT2D eigenvalue weighted by Gasteiger charge is -2.23. The maximum absolute atomic E-state index is 11.8. The van der Waals surface area contributed by atoms with E-state index >= 15 is 0 Å². The van der Waals surface area contributed by atoms with Crippen LogP contribution in [0, 0.1) is 0 Å². The van der Waals surface area contributed by atoms with Gasteiger partial charge in [0.1, 0.15) is 0 Å². The van der Waals surface area contributed by atoms with Gasteiger partial charge in [-0.1, -0.05) is 19.3 Å². The van der Waals surface area contributed by atoms with Crippen LogP contribution in [-0.2, 0) is 9.59 Å². The van der Waals surface area contributed by atoms with Gasteiger partial charge in [0.2, 0.25) is 11.8 Å². The SMILES string of the molecule is CC(NCC(=O)NC1CCCCC1)C(=O)NC1CC1. The van der Waals surface area contributed by atoms with Crippen LogP contribution in [-0.4, -0.2) is 36.5 Å². The number of hydrogen-bond acceptors (Lipinski definition) is 3. The van der Waals surface area contributed by atoms with E-state index in [0.717, 1.165) is 25.7 Å². The van der Waals surface area contributed by atoms with Gasteiger partial charge < -0.3 is 10.6 Å². The molecule has 0 aromatic carbocycles. The first kappa shape index (κ1) is 14.3. The van der Waals surface area contributed by atoms with Gasteiger partial charge in [-0.15, -0.1) is 0 Å². The van der Waals surface area contributed by atoms with Crippen molar-refractivity contribution in [3.63, 3.8) is 0 Å². The number of nitrogens with one attached hydrogen (secondary N) is 3. The second-order valence-electron chi connectivity index (χ2n) is 5.79. The second kappa shape index (κ2) is 6.89. The van der Waals surface area contributed by atoms with Crippen LogP contribution in [0.4, 0.5) is 0 Å². The zero-order valence-corrected chi connectivity index (χ0v) is 11.7. The van der Waals surface area contributed by atoms with Gasteiger partial charge in [-0.3, -0.25) is 14.9 Å². The highest BCUT2D eigenvalue weighted by Crippen LogP contribution is 2.18. The predicted molar refractivity (Wildman–Crippen MR) is 73.6 cm³/mol. The first-order chi connectivity index (χ1) is 9.15. The predicted octanol–water partition coefficient (Wildman–Crippen LogP) is 0.692. The van der Waals surface area contributed by atoms with Crippen LogP contribution in [0.2, 0.25) is 0 Å². The Bertz CT molecular complexity index is 323. The molecule has 3 N–H and O–H groups in total. The Kier molecular flexibility index (Phi) is 5.19. The van der Waals surface area contributed by atoms with Gasteiger partial charge in [-0.05, 0) is 32.6 Å². The summed E-state index contributed by atoms with van der Waals surface area (Å²) in [5.41, 5.74) is 0. The molecule has 108 valence electrons. The number of carbonyl (C=O) groups is 2. The van der Waals surface area contributed by atoms with Crippen LogP contribution >= 0.6 is 0 Å². The monoisotopic (exact) mass is 267 g/mol. The average molecular weight is 267 g/mol. The normalized spacial score (nSPS) is 21.7. The lowest BCUT2D eigenvalue weighted by atomic mass is 9.95. The third-order valence-corrected chi connectivity index (χ3v) is 3.86. The van der Waals surface area contributed by atoms with Crippen LogP contribution in [0.5, 0.6) is 0 Å². The van der Waals surface area contributed by atoms with Gasteiger partial charge in [0.25, 0.3) is 0 Å². The Morgan fingerprint density at radius 2 is 1.63 bits per heavy atom. The standard InChI is InChI=1S/C14H25N3O2/c1-10(14(19)17-12-7-8-12)15-9-13(18)16-11-5-3-2-4-6-11/h10-12,15H,2-9H2,1H3,(H,16,18)(H,17,19). The van der Waals surface area contributed by atoms with E-state index in [1.165, 1.54) is 19.3 Å². The third-order valence-electron chi connectivity index (χ3n) is 3.86. The topological polar surface area (TPSA) is 70.2 Å². The summed E-state index contributed by atoms with van der Waals surface area (Å²) in [5, 5.41) is 8.94. The fraction of sp³-hybridized carbons (Fsp3) is 0.857. The number of hydrogen-bond donors (Lipinski definition) is 3. The molecule has 5 heteroatoms. The largest absolute Gasteiger partial charge is 0.352 e. The van der Waals surface area contributed by atoms with Crippen LogP contribution < -0.4 is 16.0 Å². The summed E-state index contributed by atoms with van der Waals surface area (Å²) in [5.74, 6) is -0.00839. The average Bonchev–Trinajstić information content (AvgIpc) is 3.21. The number of amides is 2.